The maximum Gasteiger partial charge on any atom is 0.240 e. The molecular formula is C17H15BrN2O3. The van der Waals surface area contributed by atoms with Gasteiger partial charge in [0.05, 0.1) is 6.21 Å². The lowest BCUT2D eigenvalue weighted by atomic mass is 10.1. The molecule has 0 saturated carbocycles. The Morgan fingerprint density at radius 2 is 1.96 bits per heavy atom. The molecule has 6 heteroatoms. The van der Waals surface area contributed by atoms with Gasteiger partial charge in [-0.15, -0.1) is 0 Å². The van der Waals surface area contributed by atoms with Crippen LogP contribution in [0.2, 0.25) is 0 Å². The van der Waals surface area contributed by atoms with Gasteiger partial charge in [0, 0.05) is 16.5 Å². The monoisotopic (exact) mass is 374 g/mol. The summed E-state index contributed by atoms with van der Waals surface area (Å²) in [7, 11) is 0. The molecular weight excluding hydrogens is 360 g/mol. The fraction of sp³-hybridized carbons (Fsp3) is 0.176. The van der Waals surface area contributed by atoms with Gasteiger partial charge in [-0.3, -0.25) is 4.79 Å². The Morgan fingerprint density at radius 3 is 2.74 bits per heavy atom. The average Bonchev–Trinajstić information content (AvgIpc) is 3.01. The van der Waals surface area contributed by atoms with Crippen molar-refractivity contribution in [3.8, 4) is 11.5 Å². The minimum atomic E-state index is -0.123. The SMILES string of the molecule is O=C(CCc1ccccc1)N/N=C\c1cc2c(cc1Br)OCO2. The van der Waals surface area contributed by atoms with Gasteiger partial charge in [-0.05, 0) is 40.0 Å². The average molecular weight is 375 g/mol. The maximum atomic E-state index is 11.8. The molecule has 0 spiro atoms. The molecule has 0 fully saturated rings. The Labute approximate surface area is 142 Å². The third kappa shape index (κ3) is 4.10. The topological polar surface area (TPSA) is 59.9 Å². The van der Waals surface area contributed by atoms with Gasteiger partial charge in [0.15, 0.2) is 11.5 Å². The first kappa shape index (κ1) is 15.6. The number of amides is 1. The van der Waals surface area contributed by atoms with E-state index in [0.717, 1.165) is 15.6 Å². The molecule has 1 heterocycles. The van der Waals surface area contributed by atoms with Crippen molar-refractivity contribution in [3.05, 3.63) is 58.1 Å². The number of fused-ring (bicyclic) bond motifs is 1. The van der Waals surface area contributed by atoms with E-state index in [-0.39, 0.29) is 12.7 Å². The molecule has 1 amide bonds. The van der Waals surface area contributed by atoms with Crippen LogP contribution in [0.3, 0.4) is 0 Å². The quantitative estimate of drug-likeness (QED) is 0.645. The predicted molar refractivity (Wildman–Crippen MR) is 90.8 cm³/mol. The fourth-order valence-corrected chi connectivity index (χ4v) is 2.59. The largest absolute Gasteiger partial charge is 0.454 e. The zero-order valence-corrected chi connectivity index (χ0v) is 13.9. The van der Waals surface area contributed by atoms with Crippen LogP contribution >= 0.6 is 15.9 Å². The molecule has 0 aliphatic carbocycles. The van der Waals surface area contributed by atoms with Gasteiger partial charge in [0.1, 0.15) is 0 Å². The van der Waals surface area contributed by atoms with Crippen molar-refractivity contribution in [2.24, 2.45) is 5.10 Å². The Morgan fingerprint density at radius 1 is 1.22 bits per heavy atom. The molecule has 0 aromatic heterocycles. The first-order chi connectivity index (χ1) is 11.2. The minimum Gasteiger partial charge on any atom is -0.454 e. The molecule has 23 heavy (non-hydrogen) atoms. The van der Waals surface area contributed by atoms with Gasteiger partial charge in [-0.2, -0.15) is 5.10 Å². The van der Waals surface area contributed by atoms with Gasteiger partial charge in [-0.25, -0.2) is 5.43 Å². The maximum absolute atomic E-state index is 11.8. The van der Waals surface area contributed by atoms with Crippen LogP contribution in [-0.2, 0) is 11.2 Å². The Balaban J connectivity index is 1.53. The van der Waals surface area contributed by atoms with Crippen LogP contribution in [0.1, 0.15) is 17.5 Å². The van der Waals surface area contributed by atoms with Gasteiger partial charge < -0.3 is 9.47 Å². The van der Waals surface area contributed by atoms with Crippen molar-refractivity contribution in [2.75, 3.05) is 6.79 Å². The number of carbonyl (C=O) groups is 1. The lowest BCUT2D eigenvalue weighted by Gasteiger charge is -2.02. The summed E-state index contributed by atoms with van der Waals surface area (Å²) in [4.78, 5) is 11.8. The summed E-state index contributed by atoms with van der Waals surface area (Å²) in [5.74, 6) is 1.24. The highest BCUT2D eigenvalue weighted by atomic mass is 79.9. The van der Waals surface area contributed by atoms with E-state index in [4.69, 9.17) is 9.47 Å². The smallest absolute Gasteiger partial charge is 0.240 e. The fourth-order valence-electron chi connectivity index (χ4n) is 2.16. The predicted octanol–water partition coefficient (Wildman–Crippen LogP) is 3.26. The molecule has 3 rings (SSSR count). The number of aryl methyl sites for hydroxylation is 1. The van der Waals surface area contributed by atoms with Gasteiger partial charge in [0.2, 0.25) is 12.7 Å². The van der Waals surface area contributed by atoms with Crippen LogP contribution in [0.5, 0.6) is 11.5 Å². The van der Waals surface area contributed by atoms with E-state index in [1.807, 2.05) is 42.5 Å². The number of hydrogen-bond donors (Lipinski definition) is 1. The minimum absolute atomic E-state index is 0.123. The molecule has 0 radical (unpaired) electrons. The number of hydrogen-bond acceptors (Lipinski definition) is 4. The van der Waals surface area contributed by atoms with Crippen molar-refractivity contribution in [2.45, 2.75) is 12.8 Å². The highest BCUT2D eigenvalue weighted by molar-refractivity contribution is 9.10. The molecule has 5 nitrogen and oxygen atoms in total. The molecule has 1 aliphatic rings. The summed E-state index contributed by atoms with van der Waals surface area (Å²) in [5, 5.41) is 3.99. The molecule has 2 aromatic carbocycles. The van der Waals surface area contributed by atoms with E-state index in [1.165, 1.54) is 0 Å². The highest BCUT2D eigenvalue weighted by Gasteiger charge is 2.15. The summed E-state index contributed by atoms with van der Waals surface area (Å²) in [6.07, 6.45) is 2.66. The summed E-state index contributed by atoms with van der Waals surface area (Å²) in [5.41, 5.74) is 4.47. The van der Waals surface area contributed by atoms with Crippen molar-refractivity contribution in [3.63, 3.8) is 0 Å². The standard InChI is InChI=1S/C17H15BrN2O3/c18-14-9-16-15(22-11-23-16)8-13(14)10-19-20-17(21)7-6-12-4-2-1-3-5-12/h1-5,8-10H,6-7,11H2,(H,20,21)/b19-10-. The van der Waals surface area contributed by atoms with Crippen LogP contribution in [0.4, 0.5) is 0 Å². The molecule has 0 unspecified atom stereocenters. The second-order valence-electron chi connectivity index (χ2n) is 5.01. The van der Waals surface area contributed by atoms with E-state index in [9.17, 15) is 4.79 Å². The van der Waals surface area contributed by atoms with Crippen LogP contribution in [0.15, 0.2) is 52.0 Å². The zero-order chi connectivity index (χ0) is 16.1. The molecule has 0 atom stereocenters. The molecule has 1 N–H and O–H groups in total. The van der Waals surface area contributed by atoms with E-state index in [0.29, 0.717) is 24.3 Å². The molecule has 118 valence electrons. The van der Waals surface area contributed by atoms with Crippen LogP contribution in [0.25, 0.3) is 0 Å². The summed E-state index contributed by atoms with van der Waals surface area (Å²) in [6, 6.07) is 13.5. The van der Waals surface area contributed by atoms with Gasteiger partial charge in [0.25, 0.3) is 0 Å². The first-order valence-electron chi connectivity index (χ1n) is 7.17. The van der Waals surface area contributed by atoms with Crippen molar-refractivity contribution in [1.29, 1.82) is 0 Å². The number of nitrogens with one attached hydrogen (secondary N) is 1. The van der Waals surface area contributed by atoms with Gasteiger partial charge >= 0.3 is 0 Å². The lowest BCUT2D eigenvalue weighted by Crippen LogP contribution is -2.17. The molecule has 0 saturated heterocycles. The van der Waals surface area contributed by atoms with Gasteiger partial charge in [-0.1, -0.05) is 30.3 Å². The molecule has 2 aromatic rings. The van der Waals surface area contributed by atoms with E-state index in [1.54, 1.807) is 6.21 Å². The Bertz CT molecular complexity index is 732. The van der Waals surface area contributed by atoms with Crippen LogP contribution in [-0.4, -0.2) is 18.9 Å². The summed E-state index contributed by atoms with van der Waals surface area (Å²) < 4.78 is 11.4. The number of carbonyl (C=O) groups excluding carboxylic acids is 1. The lowest BCUT2D eigenvalue weighted by molar-refractivity contribution is -0.121. The third-order valence-corrected chi connectivity index (χ3v) is 4.06. The van der Waals surface area contributed by atoms with E-state index >= 15 is 0 Å². The number of benzene rings is 2. The number of rotatable bonds is 5. The zero-order valence-electron chi connectivity index (χ0n) is 12.3. The number of nitrogens with zero attached hydrogens (tertiary/aromatic N) is 1. The number of hydrazone groups is 1. The number of halogens is 1. The van der Waals surface area contributed by atoms with E-state index in [2.05, 4.69) is 26.5 Å². The first-order valence-corrected chi connectivity index (χ1v) is 7.96. The highest BCUT2D eigenvalue weighted by Crippen LogP contribution is 2.36. The molecule has 1 aliphatic heterocycles. The van der Waals surface area contributed by atoms with Crippen LogP contribution < -0.4 is 14.9 Å². The molecule has 0 bridgehead atoms. The van der Waals surface area contributed by atoms with Crippen molar-refractivity contribution < 1.29 is 14.3 Å². The van der Waals surface area contributed by atoms with Crippen LogP contribution in [0, 0.1) is 0 Å². The summed E-state index contributed by atoms with van der Waals surface area (Å²) in [6.45, 7) is 0.221. The van der Waals surface area contributed by atoms with Crippen molar-refractivity contribution in [1.82, 2.24) is 5.43 Å². The second-order valence-corrected chi connectivity index (χ2v) is 5.86. The number of ether oxygens (including phenoxy) is 2. The third-order valence-electron chi connectivity index (χ3n) is 3.37. The Kier molecular flexibility index (Phi) is 4.92. The summed E-state index contributed by atoms with van der Waals surface area (Å²) >= 11 is 3.44. The van der Waals surface area contributed by atoms with E-state index < -0.39 is 0 Å². The Hall–Kier alpha value is -2.34. The normalized spacial score (nSPS) is 12.6. The second kappa shape index (κ2) is 7.28. The van der Waals surface area contributed by atoms with Crippen molar-refractivity contribution >= 4 is 28.1 Å².